The van der Waals surface area contributed by atoms with Crippen molar-refractivity contribution in [3.63, 3.8) is 0 Å². The van der Waals surface area contributed by atoms with Crippen LogP contribution in [0, 0.1) is 0 Å². The van der Waals surface area contributed by atoms with Crippen LogP contribution in [0.15, 0.2) is 84.9 Å². The molecule has 0 aliphatic heterocycles. The highest BCUT2D eigenvalue weighted by molar-refractivity contribution is 6.64. The van der Waals surface area contributed by atoms with Crippen LogP contribution >= 0.6 is 0 Å². The minimum absolute atomic E-state index is 0.463. The van der Waals surface area contributed by atoms with Gasteiger partial charge in [0.1, 0.15) is 0 Å². The van der Waals surface area contributed by atoms with E-state index in [0.29, 0.717) is 0 Å². The number of hydrogen-bond acceptors (Lipinski definition) is 1. The van der Waals surface area contributed by atoms with Gasteiger partial charge in [0.2, 0.25) is 0 Å². The fourth-order valence-corrected chi connectivity index (χ4v) is 3.24. The molecule has 0 bridgehead atoms. The summed E-state index contributed by atoms with van der Waals surface area (Å²) in [5, 5.41) is 9.96. The quantitative estimate of drug-likeness (QED) is 0.523. The molecule has 25 heavy (non-hydrogen) atoms. The molecule has 3 aromatic rings. The van der Waals surface area contributed by atoms with E-state index in [4.69, 9.17) is 0 Å². The van der Waals surface area contributed by atoms with Gasteiger partial charge in [-0.05, 0) is 39.7 Å². The van der Waals surface area contributed by atoms with E-state index in [9.17, 15) is 5.02 Å². The molecule has 0 saturated carbocycles. The molecule has 124 valence electrons. The topological polar surface area (TPSA) is 20.2 Å². The molecular formula is C23H23BO. The van der Waals surface area contributed by atoms with Gasteiger partial charge in [0.25, 0.3) is 0 Å². The summed E-state index contributed by atoms with van der Waals surface area (Å²) in [6.45, 7) is 3.54. The van der Waals surface area contributed by atoms with Crippen LogP contribution in [-0.2, 0) is 0 Å². The molecule has 0 saturated heterocycles. The maximum absolute atomic E-state index is 9.96. The summed E-state index contributed by atoms with van der Waals surface area (Å²) in [4.78, 5) is 0. The molecule has 0 aliphatic rings. The number of hydrogen-bond donors (Lipinski definition) is 1. The van der Waals surface area contributed by atoms with Crippen molar-refractivity contribution in [3.05, 3.63) is 102 Å². The summed E-state index contributed by atoms with van der Waals surface area (Å²) in [6, 6.07) is 29.3. The first-order valence-electron chi connectivity index (χ1n) is 8.83. The monoisotopic (exact) mass is 326 g/mol. The molecule has 0 aliphatic carbocycles. The predicted octanol–water partition coefficient (Wildman–Crippen LogP) is 4.88. The van der Waals surface area contributed by atoms with Crippen LogP contribution in [0.4, 0.5) is 0 Å². The van der Waals surface area contributed by atoms with Crippen LogP contribution in [0.5, 0.6) is 0 Å². The van der Waals surface area contributed by atoms with E-state index < -0.39 is 6.92 Å². The van der Waals surface area contributed by atoms with Gasteiger partial charge in [-0.15, -0.1) is 0 Å². The molecule has 2 heteroatoms. The third-order valence-corrected chi connectivity index (χ3v) is 4.50. The molecule has 0 heterocycles. The Morgan fingerprint density at radius 3 is 1.76 bits per heavy atom. The fourth-order valence-electron chi connectivity index (χ4n) is 3.24. The summed E-state index contributed by atoms with van der Waals surface area (Å²) in [7, 11) is 0. The van der Waals surface area contributed by atoms with Crippen molar-refractivity contribution >= 4 is 23.5 Å². The summed E-state index contributed by atoms with van der Waals surface area (Å²) in [6.07, 6.45) is 0.919. The SMILES string of the molecule is CCC(=C(c1ccccc1)c1ccccc1)c1cccc(B(C)O)c1. The molecule has 1 N–H and O–H groups in total. The predicted molar refractivity (Wildman–Crippen MR) is 109 cm³/mol. The molecule has 0 atom stereocenters. The zero-order valence-corrected chi connectivity index (χ0v) is 14.8. The number of rotatable bonds is 5. The summed E-state index contributed by atoms with van der Waals surface area (Å²) < 4.78 is 0. The number of allylic oxidation sites excluding steroid dienone is 1. The van der Waals surface area contributed by atoms with Crippen molar-refractivity contribution in [1.82, 2.24) is 0 Å². The summed E-state index contributed by atoms with van der Waals surface area (Å²) in [5.74, 6) is 0. The molecule has 0 radical (unpaired) electrons. The van der Waals surface area contributed by atoms with E-state index in [-0.39, 0.29) is 0 Å². The molecule has 0 aromatic heterocycles. The lowest BCUT2D eigenvalue weighted by atomic mass is 9.64. The Morgan fingerprint density at radius 2 is 1.28 bits per heavy atom. The summed E-state index contributed by atoms with van der Waals surface area (Å²) in [5.41, 5.74) is 7.10. The van der Waals surface area contributed by atoms with E-state index >= 15 is 0 Å². The van der Waals surface area contributed by atoms with Crippen molar-refractivity contribution in [2.75, 3.05) is 0 Å². The van der Waals surface area contributed by atoms with Gasteiger partial charge < -0.3 is 5.02 Å². The third kappa shape index (κ3) is 3.92. The van der Waals surface area contributed by atoms with Crippen LogP contribution in [0.2, 0.25) is 6.82 Å². The molecular weight excluding hydrogens is 303 g/mol. The van der Waals surface area contributed by atoms with Gasteiger partial charge >= 0.3 is 6.92 Å². The first kappa shape index (κ1) is 17.3. The second kappa shape index (κ2) is 8.00. The van der Waals surface area contributed by atoms with Gasteiger partial charge in [-0.1, -0.05) is 98.7 Å². The second-order valence-electron chi connectivity index (χ2n) is 6.24. The molecule has 0 spiro atoms. The molecule has 0 unspecified atom stereocenters. The average Bonchev–Trinajstić information content (AvgIpc) is 2.67. The van der Waals surface area contributed by atoms with E-state index in [0.717, 1.165) is 11.9 Å². The molecule has 3 aromatic carbocycles. The van der Waals surface area contributed by atoms with E-state index in [1.165, 1.54) is 27.8 Å². The maximum atomic E-state index is 9.96. The van der Waals surface area contributed by atoms with Gasteiger partial charge in [0.05, 0.1) is 0 Å². The first-order valence-corrected chi connectivity index (χ1v) is 8.83. The fraction of sp³-hybridized carbons (Fsp3) is 0.130. The Hall–Kier alpha value is -2.58. The van der Waals surface area contributed by atoms with Crippen LogP contribution in [0.25, 0.3) is 11.1 Å². The first-order chi connectivity index (χ1) is 12.2. The van der Waals surface area contributed by atoms with Gasteiger partial charge in [0.15, 0.2) is 0 Å². The highest BCUT2D eigenvalue weighted by Crippen LogP contribution is 2.33. The maximum Gasteiger partial charge on any atom is 0.320 e. The Balaban J connectivity index is 2.25. The minimum atomic E-state index is -0.463. The van der Waals surface area contributed by atoms with Crippen molar-refractivity contribution < 1.29 is 5.02 Å². The molecule has 0 amide bonds. The zero-order chi connectivity index (χ0) is 17.6. The second-order valence-corrected chi connectivity index (χ2v) is 6.24. The number of benzene rings is 3. The largest absolute Gasteiger partial charge is 0.447 e. The average molecular weight is 326 g/mol. The van der Waals surface area contributed by atoms with Crippen LogP contribution in [0.1, 0.15) is 30.0 Å². The van der Waals surface area contributed by atoms with Crippen LogP contribution < -0.4 is 5.46 Å². The standard InChI is InChI=1S/C23H23BO/c1-3-22(20-15-10-16-21(17-20)24(2)25)23(18-11-6-4-7-12-18)19-13-8-5-9-14-19/h4-17,25H,3H2,1-2H3. The van der Waals surface area contributed by atoms with E-state index in [2.05, 4.69) is 67.6 Å². The minimum Gasteiger partial charge on any atom is -0.447 e. The molecule has 0 fully saturated rings. The van der Waals surface area contributed by atoms with Crippen molar-refractivity contribution in [1.29, 1.82) is 0 Å². The van der Waals surface area contributed by atoms with Gasteiger partial charge in [-0.25, -0.2) is 0 Å². The third-order valence-electron chi connectivity index (χ3n) is 4.50. The Kier molecular flexibility index (Phi) is 5.52. The van der Waals surface area contributed by atoms with Crippen molar-refractivity contribution in [3.8, 4) is 0 Å². The Morgan fingerprint density at radius 1 is 0.760 bits per heavy atom. The lowest BCUT2D eigenvalue weighted by molar-refractivity contribution is 0.594. The lowest BCUT2D eigenvalue weighted by Gasteiger charge is -2.17. The Bertz CT molecular complexity index is 810. The highest BCUT2D eigenvalue weighted by Gasteiger charge is 2.14. The van der Waals surface area contributed by atoms with Gasteiger partial charge in [-0.3, -0.25) is 0 Å². The smallest absolute Gasteiger partial charge is 0.320 e. The lowest BCUT2D eigenvalue weighted by Crippen LogP contribution is -2.26. The van der Waals surface area contributed by atoms with Gasteiger partial charge in [0, 0.05) is 0 Å². The molecule has 3 rings (SSSR count). The van der Waals surface area contributed by atoms with Crippen molar-refractivity contribution in [2.45, 2.75) is 20.2 Å². The Labute approximate surface area is 150 Å². The van der Waals surface area contributed by atoms with Crippen LogP contribution in [0.3, 0.4) is 0 Å². The van der Waals surface area contributed by atoms with Crippen molar-refractivity contribution in [2.24, 2.45) is 0 Å². The van der Waals surface area contributed by atoms with Crippen LogP contribution in [-0.4, -0.2) is 11.9 Å². The highest BCUT2D eigenvalue weighted by atomic mass is 16.2. The van der Waals surface area contributed by atoms with Gasteiger partial charge in [-0.2, -0.15) is 0 Å². The van der Waals surface area contributed by atoms with E-state index in [1.807, 2.05) is 31.1 Å². The normalized spacial score (nSPS) is 10.4. The molecule has 1 nitrogen and oxygen atoms in total. The zero-order valence-electron chi connectivity index (χ0n) is 14.8. The van der Waals surface area contributed by atoms with E-state index in [1.54, 1.807) is 0 Å². The summed E-state index contributed by atoms with van der Waals surface area (Å²) >= 11 is 0.